The number of aromatic nitrogens is 2. The minimum Gasteiger partial charge on any atom is -0.496 e. The third-order valence-electron chi connectivity index (χ3n) is 4.51. The maximum absolute atomic E-state index is 5.50. The zero-order valence-corrected chi connectivity index (χ0v) is 13.4. The summed E-state index contributed by atoms with van der Waals surface area (Å²) >= 11 is 0. The van der Waals surface area contributed by atoms with E-state index in [0.717, 1.165) is 42.0 Å². The van der Waals surface area contributed by atoms with E-state index in [2.05, 4.69) is 52.1 Å². The molecule has 0 spiro atoms. The summed E-state index contributed by atoms with van der Waals surface area (Å²) in [6.07, 6.45) is 2.63. The van der Waals surface area contributed by atoms with Crippen LogP contribution in [0.25, 0.3) is 10.9 Å². The molecule has 4 nitrogen and oxygen atoms in total. The van der Waals surface area contributed by atoms with Crippen LogP contribution in [0.5, 0.6) is 5.75 Å². The number of hydrogen-bond donors (Lipinski definition) is 0. The van der Waals surface area contributed by atoms with Gasteiger partial charge in [0.15, 0.2) is 0 Å². The van der Waals surface area contributed by atoms with E-state index in [0.29, 0.717) is 0 Å². The van der Waals surface area contributed by atoms with Crippen molar-refractivity contribution in [1.82, 2.24) is 9.97 Å². The molecule has 1 aromatic heterocycles. The molecular formula is C19H19N3O. The highest BCUT2D eigenvalue weighted by molar-refractivity contribution is 5.89. The van der Waals surface area contributed by atoms with E-state index in [1.165, 1.54) is 16.7 Å². The molecule has 0 radical (unpaired) electrons. The van der Waals surface area contributed by atoms with Gasteiger partial charge in [0.2, 0.25) is 0 Å². The van der Waals surface area contributed by atoms with Crippen LogP contribution in [-0.2, 0) is 13.0 Å². The Morgan fingerprint density at radius 1 is 1.13 bits per heavy atom. The number of fused-ring (bicyclic) bond motifs is 2. The molecule has 4 heteroatoms. The van der Waals surface area contributed by atoms with Gasteiger partial charge < -0.3 is 9.64 Å². The molecule has 2 aromatic carbocycles. The number of aryl methyl sites for hydroxylation is 1. The summed E-state index contributed by atoms with van der Waals surface area (Å²) in [5.41, 5.74) is 4.86. The van der Waals surface area contributed by atoms with Crippen LogP contribution < -0.4 is 9.64 Å². The van der Waals surface area contributed by atoms with Crippen LogP contribution >= 0.6 is 0 Å². The lowest BCUT2D eigenvalue weighted by Gasteiger charge is -2.31. The second kappa shape index (κ2) is 5.54. The molecular weight excluding hydrogens is 286 g/mol. The van der Waals surface area contributed by atoms with E-state index in [4.69, 9.17) is 4.74 Å². The fourth-order valence-corrected chi connectivity index (χ4v) is 3.36. The number of rotatable bonds is 2. The van der Waals surface area contributed by atoms with E-state index < -0.39 is 0 Å². The quantitative estimate of drug-likeness (QED) is 0.726. The lowest BCUT2D eigenvalue weighted by molar-refractivity contribution is 0.407. The van der Waals surface area contributed by atoms with Crippen LogP contribution in [0.1, 0.15) is 16.7 Å². The zero-order valence-electron chi connectivity index (χ0n) is 13.4. The van der Waals surface area contributed by atoms with Crippen LogP contribution in [0.4, 0.5) is 5.82 Å². The van der Waals surface area contributed by atoms with Crippen LogP contribution in [0.2, 0.25) is 0 Å². The summed E-state index contributed by atoms with van der Waals surface area (Å²) in [5, 5.41) is 1.12. The van der Waals surface area contributed by atoms with Gasteiger partial charge in [0.1, 0.15) is 17.9 Å². The summed E-state index contributed by atoms with van der Waals surface area (Å²) in [7, 11) is 1.74. The van der Waals surface area contributed by atoms with Gasteiger partial charge in [0.25, 0.3) is 0 Å². The number of anilines is 1. The third-order valence-corrected chi connectivity index (χ3v) is 4.51. The van der Waals surface area contributed by atoms with E-state index in [-0.39, 0.29) is 0 Å². The molecule has 1 aliphatic rings. The van der Waals surface area contributed by atoms with Crippen molar-refractivity contribution in [2.75, 3.05) is 18.6 Å². The van der Waals surface area contributed by atoms with Crippen LogP contribution in [0.3, 0.4) is 0 Å². The summed E-state index contributed by atoms with van der Waals surface area (Å²) in [4.78, 5) is 11.3. The van der Waals surface area contributed by atoms with Gasteiger partial charge in [-0.15, -0.1) is 0 Å². The summed E-state index contributed by atoms with van der Waals surface area (Å²) in [5.74, 6) is 2.01. The van der Waals surface area contributed by atoms with Crippen molar-refractivity contribution < 1.29 is 4.74 Å². The van der Waals surface area contributed by atoms with E-state index in [1.807, 2.05) is 6.07 Å². The number of hydrogen-bond acceptors (Lipinski definition) is 4. The molecule has 2 heterocycles. The predicted molar refractivity (Wildman–Crippen MR) is 92.0 cm³/mol. The van der Waals surface area contributed by atoms with E-state index in [1.54, 1.807) is 13.4 Å². The Morgan fingerprint density at radius 3 is 2.91 bits per heavy atom. The number of methoxy groups -OCH3 is 1. The van der Waals surface area contributed by atoms with E-state index >= 15 is 0 Å². The predicted octanol–water partition coefficient (Wildman–Crippen LogP) is 3.51. The van der Waals surface area contributed by atoms with Crippen LogP contribution in [0, 0.1) is 6.92 Å². The Morgan fingerprint density at radius 2 is 2.04 bits per heavy atom. The Labute approximate surface area is 135 Å². The van der Waals surface area contributed by atoms with Crippen LogP contribution in [-0.4, -0.2) is 23.6 Å². The lowest BCUT2D eigenvalue weighted by atomic mass is 9.98. The fourth-order valence-electron chi connectivity index (χ4n) is 3.36. The highest BCUT2D eigenvalue weighted by Gasteiger charge is 2.21. The average Bonchev–Trinajstić information content (AvgIpc) is 2.60. The van der Waals surface area contributed by atoms with Crippen molar-refractivity contribution in [1.29, 1.82) is 0 Å². The van der Waals surface area contributed by atoms with Gasteiger partial charge >= 0.3 is 0 Å². The number of nitrogens with zero attached hydrogens (tertiary/aromatic N) is 3. The second-order valence-corrected chi connectivity index (χ2v) is 5.99. The van der Waals surface area contributed by atoms with Crippen molar-refractivity contribution in [3.05, 3.63) is 59.4 Å². The fraction of sp³-hybridized carbons (Fsp3) is 0.263. The first kappa shape index (κ1) is 14.0. The first-order valence-corrected chi connectivity index (χ1v) is 7.87. The highest BCUT2D eigenvalue weighted by Crippen LogP contribution is 2.32. The molecule has 23 heavy (non-hydrogen) atoms. The number of benzene rings is 2. The first-order chi connectivity index (χ1) is 11.3. The molecule has 116 valence electrons. The second-order valence-electron chi connectivity index (χ2n) is 5.99. The standard InChI is InChI=1S/C19H19N3O/c1-13-6-7-17-16(10-13)19(21-12-20-17)22-9-8-15-14(11-22)4-3-5-18(15)23-2/h3-7,10,12H,8-9,11H2,1-2H3. The molecule has 0 atom stereocenters. The van der Waals surface area contributed by atoms with Gasteiger partial charge in [-0.25, -0.2) is 9.97 Å². The van der Waals surface area contributed by atoms with Crippen molar-refractivity contribution in [3.8, 4) is 5.75 Å². The molecule has 4 rings (SSSR count). The topological polar surface area (TPSA) is 38.2 Å². The Hall–Kier alpha value is -2.62. The van der Waals surface area contributed by atoms with Gasteiger partial charge in [-0.05, 0) is 37.1 Å². The van der Waals surface area contributed by atoms with Crippen molar-refractivity contribution in [3.63, 3.8) is 0 Å². The first-order valence-electron chi connectivity index (χ1n) is 7.87. The third kappa shape index (κ3) is 2.40. The molecule has 0 saturated carbocycles. The Balaban J connectivity index is 1.77. The Kier molecular flexibility index (Phi) is 3.37. The molecule has 0 fully saturated rings. The minimum absolute atomic E-state index is 0.854. The van der Waals surface area contributed by atoms with Crippen molar-refractivity contribution in [2.45, 2.75) is 19.9 Å². The van der Waals surface area contributed by atoms with Crippen molar-refractivity contribution >= 4 is 16.7 Å². The highest BCUT2D eigenvalue weighted by atomic mass is 16.5. The summed E-state index contributed by atoms with van der Waals surface area (Å²) in [6, 6.07) is 12.6. The minimum atomic E-state index is 0.854. The smallest absolute Gasteiger partial charge is 0.140 e. The summed E-state index contributed by atoms with van der Waals surface area (Å²) < 4.78 is 5.50. The molecule has 0 aliphatic carbocycles. The average molecular weight is 305 g/mol. The normalized spacial score (nSPS) is 13.9. The molecule has 3 aromatic rings. The monoisotopic (exact) mass is 305 g/mol. The molecule has 0 bridgehead atoms. The van der Waals surface area contributed by atoms with Gasteiger partial charge in [-0.3, -0.25) is 0 Å². The largest absolute Gasteiger partial charge is 0.496 e. The molecule has 0 unspecified atom stereocenters. The van der Waals surface area contributed by atoms with Crippen molar-refractivity contribution in [2.24, 2.45) is 0 Å². The number of ether oxygens (including phenoxy) is 1. The molecule has 0 amide bonds. The van der Waals surface area contributed by atoms with Gasteiger partial charge in [0, 0.05) is 24.0 Å². The van der Waals surface area contributed by atoms with Gasteiger partial charge in [-0.1, -0.05) is 23.8 Å². The summed E-state index contributed by atoms with van der Waals surface area (Å²) in [6.45, 7) is 3.90. The van der Waals surface area contributed by atoms with E-state index in [9.17, 15) is 0 Å². The van der Waals surface area contributed by atoms with Gasteiger partial charge in [-0.2, -0.15) is 0 Å². The lowest BCUT2D eigenvalue weighted by Crippen LogP contribution is -2.31. The van der Waals surface area contributed by atoms with Crippen LogP contribution in [0.15, 0.2) is 42.7 Å². The SMILES string of the molecule is COc1cccc2c1CCN(c1ncnc3ccc(C)cc13)C2. The molecule has 1 aliphatic heterocycles. The molecule has 0 N–H and O–H groups in total. The maximum Gasteiger partial charge on any atom is 0.140 e. The molecule has 0 saturated heterocycles. The van der Waals surface area contributed by atoms with Gasteiger partial charge in [0.05, 0.1) is 12.6 Å². The zero-order chi connectivity index (χ0) is 15.8. The maximum atomic E-state index is 5.50. The Bertz CT molecular complexity index is 876.